The standard InChI is InChI=1S/C13H13N3O2/c1-8-4-12(9(2)16-15-8)13(17)10-5-11(18-3)7-14-6-10/h4-7H,1-3H3. The van der Waals surface area contributed by atoms with Crippen molar-refractivity contribution in [3.05, 3.63) is 47.0 Å². The number of carbonyl (C=O) groups is 1. The van der Waals surface area contributed by atoms with Crippen molar-refractivity contribution in [2.45, 2.75) is 13.8 Å². The van der Waals surface area contributed by atoms with Crippen LogP contribution in [0.25, 0.3) is 0 Å². The number of hydrogen-bond acceptors (Lipinski definition) is 5. The van der Waals surface area contributed by atoms with Crippen LogP contribution in [0.1, 0.15) is 27.3 Å². The maximum atomic E-state index is 12.3. The van der Waals surface area contributed by atoms with Gasteiger partial charge >= 0.3 is 0 Å². The number of methoxy groups -OCH3 is 1. The largest absolute Gasteiger partial charge is 0.495 e. The van der Waals surface area contributed by atoms with Gasteiger partial charge in [-0.3, -0.25) is 9.78 Å². The molecule has 0 fully saturated rings. The number of rotatable bonds is 3. The van der Waals surface area contributed by atoms with Gasteiger partial charge in [-0.2, -0.15) is 10.2 Å². The van der Waals surface area contributed by atoms with E-state index in [1.165, 1.54) is 13.3 Å². The van der Waals surface area contributed by atoms with Crippen molar-refractivity contribution < 1.29 is 9.53 Å². The minimum absolute atomic E-state index is 0.128. The highest BCUT2D eigenvalue weighted by molar-refractivity contribution is 6.09. The monoisotopic (exact) mass is 243 g/mol. The fourth-order valence-corrected chi connectivity index (χ4v) is 1.59. The Labute approximate surface area is 105 Å². The number of nitrogens with zero attached hydrogens (tertiary/aromatic N) is 3. The molecule has 2 rings (SSSR count). The molecular weight excluding hydrogens is 230 g/mol. The fraction of sp³-hybridized carbons (Fsp3) is 0.231. The van der Waals surface area contributed by atoms with E-state index < -0.39 is 0 Å². The van der Waals surface area contributed by atoms with Crippen LogP contribution < -0.4 is 4.74 Å². The van der Waals surface area contributed by atoms with E-state index in [-0.39, 0.29) is 5.78 Å². The molecule has 0 radical (unpaired) electrons. The first-order valence-corrected chi connectivity index (χ1v) is 5.46. The average molecular weight is 243 g/mol. The van der Waals surface area contributed by atoms with Crippen molar-refractivity contribution in [1.82, 2.24) is 15.2 Å². The minimum atomic E-state index is -0.128. The highest BCUT2D eigenvalue weighted by atomic mass is 16.5. The molecule has 0 saturated heterocycles. The summed E-state index contributed by atoms with van der Waals surface area (Å²) in [4.78, 5) is 16.3. The second-order valence-corrected chi connectivity index (χ2v) is 3.93. The van der Waals surface area contributed by atoms with Gasteiger partial charge in [0.05, 0.1) is 24.7 Å². The maximum absolute atomic E-state index is 12.3. The van der Waals surface area contributed by atoms with Gasteiger partial charge in [0.25, 0.3) is 0 Å². The second-order valence-electron chi connectivity index (χ2n) is 3.93. The van der Waals surface area contributed by atoms with Crippen molar-refractivity contribution in [3.8, 4) is 5.75 Å². The van der Waals surface area contributed by atoms with E-state index in [0.717, 1.165) is 0 Å². The predicted molar refractivity (Wildman–Crippen MR) is 65.7 cm³/mol. The Kier molecular flexibility index (Phi) is 3.32. The molecule has 0 unspecified atom stereocenters. The summed E-state index contributed by atoms with van der Waals surface area (Å²) in [5.74, 6) is 0.425. The molecule has 0 spiro atoms. The third kappa shape index (κ3) is 2.34. The number of carbonyl (C=O) groups excluding carboxylic acids is 1. The number of ether oxygens (including phenoxy) is 1. The van der Waals surface area contributed by atoms with E-state index in [4.69, 9.17) is 4.74 Å². The molecule has 92 valence electrons. The van der Waals surface area contributed by atoms with Gasteiger partial charge in [0.2, 0.25) is 0 Å². The Bertz CT molecular complexity index is 597. The zero-order valence-electron chi connectivity index (χ0n) is 10.5. The van der Waals surface area contributed by atoms with Crippen LogP contribution in [0.3, 0.4) is 0 Å². The van der Waals surface area contributed by atoms with Gasteiger partial charge in [-0.15, -0.1) is 0 Å². The minimum Gasteiger partial charge on any atom is -0.495 e. The summed E-state index contributed by atoms with van der Waals surface area (Å²) in [5, 5.41) is 7.85. The lowest BCUT2D eigenvalue weighted by Crippen LogP contribution is -2.07. The van der Waals surface area contributed by atoms with Crippen LogP contribution in [0, 0.1) is 13.8 Å². The predicted octanol–water partition coefficient (Wildman–Crippen LogP) is 1.73. The first-order valence-electron chi connectivity index (χ1n) is 5.46. The van der Waals surface area contributed by atoms with Gasteiger partial charge in [-0.05, 0) is 26.0 Å². The molecule has 0 saturated carbocycles. The van der Waals surface area contributed by atoms with Crippen LogP contribution in [-0.4, -0.2) is 28.1 Å². The molecule has 0 aliphatic heterocycles. The molecule has 18 heavy (non-hydrogen) atoms. The van der Waals surface area contributed by atoms with Crippen LogP contribution in [0.2, 0.25) is 0 Å². The Morgan fingerprint density at radius 3 is 2.67 bits per heavy atom. The van der Waals surface area contributed by atoms with Crippen LogP contribution in [-0.2, 0) is 0 Å². The Morgan fingerprint density at radius 1 is 1.17 bits per heavy atom. The molecule has 2 aromatic rings. The molecule has 0 aromatic carbocycles. The smallest absolute Gasteiger partial charge is 0.196 e. The topological polar surface area (TPSA) is 65.0 Å². The molecule has 0 N–H and O–H groups in total. The molecule has 2 aromatic heterocycles. The van der Waals surface area contributed by atoms with E-state index in [0.29, 0.717) is 28.3 Å². The average Bonchev–Trinajstić information content (AvgIpc) is 2.41. The van der Waals surface area contributed by atoms with Crippen molar-refractivity contribution in [2.75, 3.05) is 7.11 Å². The molecule has 0 aliphatic carbocycles. The number of pyridine rings is 1. The molecule has 5 nitrogen and oxygen atoms in total. The highest BCUT2D eigenvalue weighted by Gasteiger charge is 2.14. The molecule has 2 heterocycles. The highest BCUT2D eigenvalue weighted by Crippen LogP contribution is 2.16. The van der Waals surface area contributed by atoms with Gasteiger partial charge < -0.3 is 4.74 Å². The molecule has 5 heteroatoms. The van der Waals surface area contributed by atoms with Gasteiger partial charge in [-0.25, -0.2) is 0 Å². The number of aromatic nitrogens is 3. The van der Waals surface area contributed by atoms with Gasteiger partial charge in [0, 0.05) is 17.3 Å². The molecule has 0 aliphatic rings. The van der Waals surface area contributed by atoms with Gasteiger partial charge in [-0.1, -0.05) is 0 Å². The molecular formula is C13H13N3O2. The lowest BCUT2D eigenvalue weighted by molar-refractivity contribution is 0.103. The Morgan fingerprint density at radius 2 is 1.94 bits per heavy atom. The van der Waals surface area contributed by atoms with Crippen LogP contribution in [0.4, 0.5) is 0 Å². The molecule has 0 atom stereocenters. The van der Waals surface area contributed by atoms with Crippen molar-refractivity contribution >= 4 is 5.78 Å². The van der Waals surface area contributed by atoms with E-state index in [9.17, 15) is 4.79 Å². The van der Waals surface area contributed by atoms with Crippen LogP contribution in [0.15, 0.2) is 24.5 Å². The summed E-state index contributed by atoms with van der Waals surface area (Å²) >= 11 is 0. The number of aryl methyl sites for hydroxylation is 2. The van der Waals surface area contributed by atoms with Crippen molar-refractivity contribution in [2.24, 2.45) is 0 Å². The number of ketones is 1. The van der Waals surface area contributed by atoms with E-state index in [2.05, 4.69) is 15.2 Å². The lowest BCUT2D eigenvalue weighted by atomic mass is 10.0. The molecule has 0 amide bonds. The van der Waals surface area contributed by atoms with E-state index in [1.54, 1.807) is 32.2 Å². The zero-order chi connectivity index (χ0) is 13.1. The third-order valence-electron chi connectivity index (χ3n) is 2.56. The Hall–Kier alpha value is -2.30. The first-order chi connectivity index (χ1) is 8.61. The summed E-state index contributed by atoms with van der Waals surface area (Å²) < 4.78 is 5.05. The summed E-state index contributed by atoms with van der Waals surface area (Å²) in [5.41, 5.74) is 2.33. The fourth-order valence-electron chi connectivity index (χ4n) is 1.59. The lowest BCUT2D eigenvalue weighted by Gasteiger charge is -2.05. The van der Waals surface area contributed by atoms with Gasteiger partial charge in [0.15, 0.2) is 5.78 Å². The summed E-state index contributed by atoms with van der Waals surface area (Å²) in [7, 11) is 1.54. The first kappa shape index (κ1) is 12.2. The quantitative estimate of drug-likeness (QED) is 0.768. The summed E-state index contributed by atoms with van der Waals surface area (Å²) in [6.07, 6.45) is 3.07. The van der Waals surface area contributed by atoms with Crippen LogP contribution >= 0.6 is 0 Å². The Balaban J connectivity index is 2.44. The maximum Gasteiger partial charge on any atom is 0.196 e. The summed E-state index contributed by atoms with van der Waals surface area (Å²) in [6.45, 7) is 3.56. The van der Waals surface area contributed by atoms with Crippen molar-refractivity contribution in [3.63, 3.8) is 0 Å². The van der Waals surface area contributed by atoms with E-state index in [1.807, 2.05) is 0 Å². The molecule has 0 bridgehead atoms. The normalized spacial score (nSPS) is 10.2. The van der Waals surface area contributed by atoms with Crippen LogP contribution in [0.5, 0.6) is 5.75 Å². The van der Waals surface area contributed by atoms with Crippen molar-refractivity contribution in [1.29, 1.82) is 0 Å². The van der Waals surface area contributed by atoms with Gasteiger partial charge in [0.1, 0.15) is 5.75 Å². The summed E-state index contributed by atoms with van der Waals surface area (Å²) in [6, 6.07) is 3.38. The number of hydrogen-bond donors (Lipinski definition) is 0. The SMILES string of the molecule is COc1cncc(C(=O)c2cc(C)nnc2C)c1. The van der Waals surface area contributed by atoms with E-state index >= 15 is 0 Å². The second kappa shape index (κ2) is 4.91. The zero-order valence-corrected chi connectivity index (χ0v) is 10.5. The third-order valence-corrected chi connectivity index (χ3v) is 2.56.